The third-order valence-electron chi connectivity index (χ3n) is 2.04. The van der Waals surface area contributed by atoms with E-state index in [4.69, 9.17) is 5.26 Å². The van der Waals surface area contributed by atoms with Gasteiger partial charge in [-0.1, -0.05) is 0 Å². The minimum atomic E-state index is -2.98. The molecule has 0 spiro atoms. The van der Waals surface area contributed by atoms with Crippen LogP contribution in [-0.4, -0.2) is 18.1 Å². The Labute approximate surface area is 94.6 Å². The highest BCUT2D eigenvalue weighted by Crippen LogP contribution is 2.26. The predicted molar refractivity (Wildman–Crippen MR) is 49.6 cm³/mol. The van der Waals surface area contributed by atoms with Crippen molar-refractivity contribution < 1.29 is 22.7 Å². The molecule has 17 heavy (non-hydrogen) atoms. The van der Waals surface area contributed by atoms with Gasteiger partial charge in [-0.3, -0.25) is 4.79 Å². The smallest absolute Gasteiger partial charge is 0.310 e. The largest absolute Gasteiger partial charge is 0.469 e. The highest BCUT2D eigenvalue weighted by molar-refractivity contribution is 5.73. The second-order valence-corrected chi connectivity index (χ2v) is 3.02. The number of halogens is 3. The van der Waals surface area contributed by atoms with Gasteiger partial charge in [0.1, 0.15) is 6.07 Å². The second-order valence-electron chi connectivity index (χ2n) is 3.02. The molecular formula is C10H7F3N2O2. The molecule has 0 radical (unpaired) electrons. The fourth-order valence-corrected chi connectivity index (χ4v) is 1.20. The Bertz CT molecular complexity index is 483. The highest BCUT2D eigenvalue weighted by atomic mass is 19.3. The molecule has 0 amide bonds. The lowest BCUT2D eigenvalue weighted by Gasteiger charge is -2.09. The highest BCUT2D eigenvalue weighted by Gasteiger charge is 2.22. The SMILES string of the molecule is COC(=O)Cc1c(C(F)F)cnc(C#N)c1F. The number of aromatic nitrogens is 1. The summed E-state index contributed by atoms with van der Waals surface area (Å²) in [6, 6.07) is 1.41. The van der Waals surface area contributed by atoms with Crippen LogP contribution in [0.3, 0.4) is 0 Å². The van der Waals surface area contributed by atoms with Crippen molar-refractivity contribution in [2.24, 2.45) is 0 Å². The lowest BCUT2D eigenvalue weighted by atomic mass is 10.1. The number of alkyl halides is 2. The summed E-state index contributed by atoms with van der Waals surface area (Å²) in [5, 5.41) is 8.51. The first-order valence-electron chi connectivity index (χ1n) is 4.43. The van der Waals surface area contributed by atoms with Crippen LogP contribution in [0.4, 0.5) is 13.2 Å². The van der Waals surface area contributed by atoms with Gasteiger partial charge in [-0.15, -0.1) is 0 Å². The number of ether oxygens (including phenoxy) is 1. The van der Waals surface area contributed by atoms with E-state index in [0.29, 0.717) is 6.20 Å². The number of hydrogen-bond acceptors (Lipinski definition) is 4. The van der Waals surface area contributed by atoms with Gasteiger partial charge >= 0.3 is 5.97 Å². The standard InChI is InChI=1S/C10H7F3N2O2/c1-17-8(16)2-5-6(10(12)13)4-15-7(3-14)9(5)11/h4,10H,2H2,1H3. The van der Waals surface area contributed by atoms with Gasteiger partial charge in [-0.2, -0.15) is 5.26 Å². The van der Waals surface area contributed by atoms with Crippen LogP contribution in [0.2, 0.25) is 0 Å². The molecular weight excluding hydrogens is 237 g/mol. The summed E-state index contributed by atoms with van der Waals surface area (Å²) in [7, 11) is 1.05. The van der Waals surface area contributed by atoms with E-state index in [2.05, 4.69) is 9.72 Å². The van der Waals surface area contributed by atoms with Crippen molar-refractivity contribution in [3.05, 3.63) is 28.8 Å². The van der Waals surface area contributed by atoms with Crippen molar-refractivity contribution in [2.45, 2.75) is 12.8 Å². The molecule has 0 atom stereocenters. The number of pyridine rings is 1. The number of rotatable bonds is 3. The minimum Gasteiger partial charge on any atom is -0.469 e. The molecule has 1 rings (SSSR count). The van der Waals surface area contributed by atoms with Crippen molar-refractivity contribution in [3.8, 4) is 6.07 Å². The van der Waals surface area contributed by atoms with Crippen LogP contribution in [0.15, 0.2) is 6.20 Å². The molecule has 0 bridgehead atoms. The molecule has 90 valence electrons. The maximum Gasteiger partial charge on any atom is 0.310 e. The lowest BCUT2D eigenvalue weighted by Crippen LogP contribution is -2.11. The van der Waals surface area contributed by atoms with E-state index in [1.807, 2.05) is 0 Å². The lowest BCUT2D eigenvalue weighted by molar-refractivity contribution is -0.139. The molecule has 0 aromatic carbocycles. The average molecular weight is 244 g/mol. The maximum atomic E-state index is 13.6. The quantitative estimate of drug-likeness (QED) is 0.760. The van der Waals surface area contributed by atoms with Gasteiger partial charge in [0.2, 0.25) is 0 Å². The van der Waals surface area contributed by atoms with Crippen LogP contribution in [0, 0.1) is 17.1 Å². The number of hydrogen-bond donors (Lipinski definition) is 0. The first kappa shape index (κ1) is 13.0. The number of carbonyl (C=O) groups is 1. The summed E-state index contributed by atoms with van der Waals surface area (Å²) in [4.78, 5) is 14.2. The van der Waals surface area contributed by atoms with Gasteiger partial charge in [0.15, 0.2) is 11.5 Å². The molecule has 0 fully saturated rings. The van der Waals surface area contributed by atoms with Crippen LogP contribution in [-0.2, 0) is 16.0 Å². The first-order chi connectivity index (χ1) is 8.01. The van der Waals surface area contributed by atoms with Gasteiger partial charge in [-0.05, 0) is 0 Å². The molecule has 7 heteroatoms. The zero-order valence-electron chi connectivity index (χ0n) is 8.71. The fraction of sp³-hybridized carbons (Fsp3) is 0.300. The molecule has 4 nitrogen and oxygen atoms in total. The van der Waals surface area contributed by atoms with E-state index >= 15 is 0 Å². The van der Waals surface area contributed by atoms with Gasteiger partial charge in [0, 0.05) is 17.3 Å². The molecule has 0 N–H and O–H groups in total. The van der Waals surface area contributed by atoms with Crippen LogP contribution < -0.4 is 0 Å². The monoisotopic (exact) mass is 244 g/mol. The first-order valence-corrected chi connectivity index (χ1v) is 4.43. The topological polar surface area (TPSA) is 63.0 Å². The number of carbonyl (C=O) groups excluding carboxylic acids is 1. The summed E-state index contributed by atoms with van der Waals surface area (Å²) in [6.45, 7) is 0. The zero-order chi connectivity index (χ0) is 13.0. The molecule has 0 saturated heterocycles. The Morgan fingerprint density at radius 3 is 2.76 bits per heavy atom. The molecule has 1 heterocycles. The molecule has 0 aliphatic heterocycles. The molecule has 0 unspecified atom stereocenters. The fourth-order valence-electron chi connectivity index (χ4n) is 1.20. The van der Waals surface area contributed by atoms with Crippen molar-refractivity contribution >= 4 is 5.97 Å². The third kappa shape index (κ3) is 2.72. The van der Waals surface area contributed by atoms with Crippen LogP contribution in [0.1, 0.15) is 23.2 Å². The van der Waals surface area contributed by atoms with E-state index in [0.717, 1.165) is 7.11 Å². The summed E-state index contributed by atoms with van der Waals surface area (Å²) in [6.07, 6.45) is -2.96. The molecule has 0 aliphatic carbocycles. The second kappa shape index (κ2) is 5.30. The average Bonchev–Trinajstić information content (AvgIpc) is 2.30. The van der Waals surface area contributed by atoms with Crippen LogP contribution in [0.25, 0.3) is 0 Å². The molecule has 0 aliphatic rings. The van der Waals surface area contributed by atoms with Crippen molar-refractivity contribution in [2.75, 3.05) is 7.11 Å². The van der Waals surface area contributed by atoms with Crippen molar-refractivity contribution in [3.63, 3.8) is 0 Å². The minimum absolute atomic E-state index is 0.557. The Balaban J connectivity index is 3.31. The summed E-state index contributed by atoms with van der Waals surface area (Å²) < 4.78 is 42.9. The Morgan fingerprint density at radius 2 is 2.29 bits per heavy atom. The van der Waals surface area contributed by atoms with Crippen LogP contribution >= 0.6 is 0 Å². The van der Waals surface area contributed by atoms with Gasteiger partial charge < -0.3 is 4.74 Å². The Hall–Kier alpha value is -2.10. The summed E-state index contributed by atoms with van der Waals surface area (Å²) >= 11 is 0. The number of nitriles is 1. The van der Waals surface area contributed by atoms with Crippen molar-refractivity contribution in [1.29, 1.82) is 5.26 Å². The normalized spacial score (nSPS) is 10.1. The number of esters is 1. The Morgan fingerprint density at radius 1 is 1.65 bits per heavy atom. The molecule has 1 aromatic heterocycles. The van der Waals surface area contributed by atoms with Gasteiger partial charge in [0.25, 0.3) is 6.43 Å². The molecule has 1 aromatic rings. The number of methoxy groups -OCH3 is 1. The van der Waals surface area contributed by atoms with Gasteiger partial charge in [-0.25, -0.2) is 18.2 Å². The Kier molecular flexibility index (Phi) is 4.04. The van der Waals surface area contributed by atoms with Crippen molar-refractivity contribution in [1.82, 2.24) is 4.98 Å². The molecule has 0 saturated carbocycles. The number of nitrogens with zero attached hydrogens (tertiary/aromatic N) is 2. The van der Waals surface area contributed by atoms with E-state index < -0.39 is 41.5 Å². The van der Waals surface area contributed by atoms with Crippen LogP contribution in [0.5, 0.6) is 0 Å². The zero-order valence-corrected chi connectivity index (χ0v) is 8.71. The summed E-state index contributed by atoms with van der Waals surface area (Å²) in [5.74, 6) is -2.09. The third-order valence-corrected chi connectivity index (χ3v) is 2.04. The van der Waals surface area contributed by atoms with E-state index in [1.165, 1.54) is 6.07 Å². The van der Waals surface area contributed by atoms with E-state index in [9.17, 15) is 18.0 Å². The van der Waals surface area contributed by atoms with Gasteiger partial charge in [0.05, 0.1) is 13.5 Å². The van der Waals surface area contributed by atoms with E-state index in [-0.39, 0.29) is 0 Å². The predicted octanol–water partition coefficient (Wildman–Crippen LogP) is 1.75. The summed E-state index contributed by atoms with van der Waals surface area (Å²) in [5.41, 5.74) is -1.90. The maximum absolute atomic E-state index is 13.6. The van der Waals surface area contributed by atoms with E-state index in [1.54, 1.807) is 0 Å².